The van der Waals surface area contributed by atoms with Crippen molar-refractivity contribution in [3.8, 4) is 22.9 Å². The van der Waals surface area contributed by atoms with Crippen LogP contribution in [0.2, 0.25) is 0 Å². The van der Waals surface area contributed by atoms with Gasteiger partial charge in [-0.3, -0.25) is 9.82 Å². The number of sulfonamides is 1. The van der Waals surface area contributed by atoms with Crippen molar-refractivity contribution < 1.29 is 13.2 Å². The standard InChI is InChI=1S/C24H24N4O3S/c1-16(2)23-25-24(27-26-23)21-9-4-5-10-22(21)28-32(29,30)20-13-11-18(12-14-20)31-19-8-6-7-17(3)15-19/h4-16,28H,1-3H3,(H,25,26,27). The van der Waals surface area contributed by atoms with E-state index in [1.807, 2.05) is 51.1 Å². The fourth-order valence-electron chi connectivity index (χ4n) is 3.13. The first-order valence-electron chi connectivity index (χ1n) is 10.2. The molecule has 0 atom stereocenters. The Morgan fingerprint density at radius 3 is 2.38 bits per heavy atom. The van der Waals surface area contributed by atoms with E-state index in [9.17, 15) is 8.42 Å². The van der Waals surface area contributed by atoms with Crippen LogP contribution in [0.5, 0.6) is 11.5 Å². The van der Waals surface area contributed by atoms with Crippen molar-refractivity contribution >= 4 is 15.7 Å². The minimum absolute atomic E-state index is 0.127. The minimum atomic E-state index is -3.82. The highest BCUT2D eigenvalue weighted by Crippen LogP contribution is 2.29. The highest BCUT2D eigenvalue weighted by atomic mass is 32.2. The van der Waals surface area contributed by atoms with Crippen molar-refractivity contribution in [2.45, 2.75) is 31.6 Å². The maximum absolute atomic E-state index is 13.0. The predicted molar refractivity (Wildman–Crippen MR) is 124 cm³/mol. The third-order valence-electron chi connectivity index (χ3n) is 4.82. The van der Waals surface area contributed by atoms with Crippen LogP contribution >= 0.6 is 0 Å². The number of nitrogens with zero attached hydrogens (tertiary/aromatic N) is 2. The van der Waals surface area contributed by atoms with E-state index >= 15 is 0 Å². The van der Waals surface area contributed by atoms with E-state index < -0.39 is 10.0 Å². The average Bonchev–Trinajstić information content (AvgIpc) is 3.25. The van der Waals surface area contributed by atoms with Gasteiger partial charge in [0.05, 0.1) is 10.6 Å². The molecule has 0 fully saturated rings. The quantitative estimate of drug-likeness (QED) is 0.389. The van der Waals surface area contributed by atoms with Gasteiger partial charge in [-0.05, 0) is 61.0 Å². The number of benzene rings is 3. The van der Waals surface area contributed by atoms with E-state index in [-0.39, 0.29) is 10.8 Å². The maximum atomic E-state index is 13.0. The zero-order valence-electron chi connectivity index (χ0n) is 18.0. The van der Waals surface area contributed by atoms with Crippen molar-refractivity contribution in [3.63, 3.8) is 0 Å². The monoisotopic (exact) mass is 448 g/mol. The number of aromatic amines is 1. The van der Waals surface area contributed by atoms with E-state index in [1.165, 1.54) is 12.1 Å². The molecule has 2 N–H and O–H groups in total. The molecule has 0 unspecified atom stereocenters. The lowest BCUT2D eigenvalue weighted by atomic mass is 10.1. The van der Waals surface area contributed by atoms with Crippen LogP contribution < -0.4 is 9.46 Å². The van der Waals surface area contributed by atoms with Crippen LogP contribution in [0, 0.1) is 6.92 Å². The highest BCUT2D eigenvalue weighted by Gasteiger charge is 2.19. The topological polar surface area (TPSA) is 97.0 Å². The van der Waals surface area contributed by atoms with Crippen molar-refractivity contribution in [2.75, 3.05) is 4.72 Å². The van der Waals surface area contributed by atoms with Gasteiger partial charge in [-0.2, -0.15) is 5.10 Å². The Bertz CT molecular complexity index is 1330. The van der Waals surface area contributed by atoms with Crippen LogP contribution in [0.1, 0.15) is 31.2 Å². The predicted octanol–water partition coefficient (Wildman–Crippen LogP) is 5.50. The van der Waals surface area contributed by atoms with Crippen molar-refractivity contribution in [1.82, 2.24) is 15.2 Å². The number of hydrogen-bond acceptors (Lipinski definition) is 5. The molecule has 7 nitrogen and oxygen atoms in total. The number of rotatable bonds is 7. The van der Waals surface area contributed by atoms with Gasteiger partial charge >= 0.3 is 0 Å². The van der Waals surface area contributed by atoms with Gasteiger partial charge in [-0.1, -0.05) is 38.1 Å². The lowest BCUT2D eigenvalue weighted by Gasteiger charge is -2.12. The molecule has 0 bridgehead atoms. The molecule has 1 heterocycles. The number of ether oxygens (including phenoxy) is 1. The first kappa shape index (κ1) is 21.6. The third kappa shape index (κ3) is 4.81. The Balaban J connectivity index is 1.56. The first-order valence-corrected chi connectivity index (χ1v) is 11.7. The Morgan fingerprint density at radius 1 is 0.938 bits per heavy atom. The fourth-order valence-corrected chi connectivity index (χ4v) is 4.21. The lowest BCUT2D eigenvalue weighted by Crippen LogP contribution is -2.13. The summed E-state index contributed by atoms with van der Waals surface area (Å²) in [6, 6.07) is 21.0. The summed E-state index contributed by atoms with van der Waals surface area (Å²) in [7, 11) is -3.82. The number of nitrogens with one attached hydrogen (secondary N) is 2. The molecule has 32 heavy (non-hydrogen) atoms. The minimum Gasteiger partial charge on any atom is -0.457 e. The van der Waals surface area contributed by atoms with Crippen LogP contribution in [0.15, 0.2) is 77.7 Å². The number of anilines is 1. The molecule has 0 aliphatic heterocycles. The van der Waals surface area contributed by atoms with E-state index in [0.717, 1.165) is 11.4 Å². The molecule has 0 radical (unpaired) electrons. The third-order valence-corrected chi connectivity index (χ3v) is 6.20. The van der Waals surface area contributed by atoms with Crippen LogP contribution in [0.25, 0.3) is 11.4 Å². The summed E-state index contributed by atoms with van der Waals surface area (Å²) < 4.78 is 34.5. The van der Waals surface area contributed by atoms with Crippen molar-refractivity contribution in [3.05, 3.63) is 84.2 Å². The maximum Gasteiger partial charge on any atom is 0.261 e. The molecule has 0 spiro atoms. The van der Waals surface area contributed by atoms with Gasteiger partial charge in [0, 0.05) is 11.5 Å². The number of hydrogen-bond donors (Lipinski definition) is 2. The molecule has 0 aliphatic rings. The van der Waals surface area contributed by atoms with Gasteiger partial charge in [0.15, 0.2) is 5.82 Å². The van der Waals surface area contributed by atoms with Gasteiger partial charge in [0.1, 0.15) is 17.3 Å². The molecule has 4 rings (SSSR count). The van der Waals surface area contributed by atoms with Crippen LogP contribution in [0.3, 0.4) is 0 Å². The number of aromatic nitrogens is 3. The molecule has 0 aliphatic carbocycles. The smallest absolute Gasteiger partial charge is 0.261 e. The van der Waals surface area contributed by atoms with Gasteiger partial charge in [-0.25, -0.2) is 13.4 Å². The van der Waals surface area contributed by atoms with Crippen LogP contribution in [-0.2, 0) is 10.0 Å². The van der Waals surface area contributed by atoms with Gasteiger partial charge in [-0.15, -0.1) is 0 Å². The second-order valence-electron chi connectivity index (χ2n) is 7.74. The molecule has 4 aromatic rings. The first-order chi connectivity index (χ1) is 15.3. The molecule has 1 aromatic heterocycles. The number of para-hydroxylation sites is 1. The second kappa shape index (κ2) is 8.84. The molecule has 0 saturated carbocycles. The second-order valence-corrected chi connectivity index (χ2v) is 9.42. The lowest BCUT2D eigenvalue weighted by molar-refractivity contribution is 0.482. The summed E-state index contributed by atoms with van der Waals surface area (Å²) >= 11 is 0. The zero-order chi connectivity index (χ0) is 22.7. The normalized spacial score (nSPS) is 11.5. The summed E-state index contributed by atoms with van der Waals surface area (Å²) in [4.78, 5) is 4.61. The van der Waals surface area contributed by atoms with E-state index in [4.69, 9.17) is 4.74 Å². The largest absolute Gasteiger partial charge is 0.457 e. The molecule has 164 valence electrons. The molecule has 8 heteroatoms. The van der Waals surface area contributed by atoms with Crippen LogP contribution in [0.4, 0.5) is 5.69 Å². The average molecular weight is 449 g/mol. The summed E-state index contributed by atoms with van der Waals surface area (Å²) in [5, 5.41) is 7.14. The highest BCUT2D eigenvalue weighted by molar-refractivity contribution is 7.92. The van der Waals surface area contributed by atoms with Crippen molar-refractivity contribution in [2.24, 2.45) is 0 Å². The van der Waals surface area contributed by atoms with E-state index in [1.54, 1.807) is 30.3 Å². The fraction of sp³-hybridized carbons (Fsp3) is 0.167. The van der Waals surface area contributed by atoms with E-state index in [2.05, 4.69) is 19.9 Å². The SMILES string of the molecule is Cc1cccc(Oc2ccc(S(=O)(=O)Nc3ccccc3-c3n[nH]c(C(C)C)n3)cc2)c1. The van der Waals surface area contributed by atoms with Gasteiger partial charge in [0.25, 0.3) is 10.0 Å². The molecular weight excluding hydrogens is 424 g/mol. The summed E-state index contributed by atoms with van der Waals surface area (Å²) in [6.45, 7) is 5.99. The number of aryl methyl sites for hydroxylation is 1. The molecule has 0 saturated heterocycles. The Hall–Kier alpha value is -3.65. The van der Waals surface area contributed by atoms with Gasteiger partial charge in [0.2, 0.25) is 0 Å². The molecule has 3 aromatic carbocycles. The zero-order valence-corrected chi connectivity index (χ0v) is 18.8. The Kier molecular flexibility index (Phi) is 5.96. The van der Waals surface area contributed by atoms with Gasteiger partial charge < -0.3 is 4.74 Å². The van der Waals surface area contributed by atoms with Crippen molar-refractivity contribution in [1.29, 1.82) is 0 Å². The van der Waals surface area contributed by atoms with Crippen LogP contribution in [-0.4, -0.2) is 23.6 Å². The summed E-state index contributed by atoms with van der Waals surface area (Å²) in [5.74, 6) is 2.60. The number of H-pyrrole nitrogens is 1. The summed E-state index contributed by atoms with van der Waals surface area (Å²) in [6.07, 6.45) is 0. The molecular formula is C24H24N4O3S. The Labute approximate surface area is 187 Å². The summed E-state index contributed by atoms with van der Waals surface area (Å²) in [5.41, 5.74) is 2.08. The Morgan fingerprint density at radius 2 is 1.69 bits per heavy atom. The van der Waals surface area contributed by atoms with E-state index in [0.29, 0.717) is 28.6 Å². The molecule has 0 amide bonds.